The lowest BCUT2D eigenvalue weighted by Crippen LogP contribution is -2.25. The van der Waals surface area contributed by atoms with Gasteiger partial charge in [-0.15, -0.1) is 0 Å². The second kappa shape index (κ2) is 6.76. The maximum Gasteiger partial charge on any atom is 0.120 e. The number of benzene rings is 1. The third kappa shape index (κ3) is 4.31. The largest absolute Gasteiger partial charge is 0.491 e. The zero-order valence-electron chi connectivity index (χ0n) is 11.3. The molecule has 1 aromatic rings. The predicted octanol–water partition coefficient (Wildman–Crippen LogP) is 2.74. The monoisotopic (exact) mass is 249 g/mol. The minimum absolute atomic E-state index is 0.222. The highest BCUT2D eigenvalue weighted by Crippen LogP contribution is 2.15. The molecule has 18 heavy (non-hydrogen) atoms. The molecule has 1 saturated heterocycles. The molecule has 0 amide bonds. The molecular formula is C15H23NO2. The summed E-state index contributed by atoms with van der Waals surface area (Å²) in [7, 11) is 0. The van der Waals surface area contributed by atoms with Gasteiger partial charge in [0.15, 0.2) is 0 Å². The van der Waals surface area contributed by atoms with Crippen LogP contribution in [0.25, 0.3) is 0 Å². The predicted molar refractivity (Wildman–Crippen MR) is 72.9 cm³/mol. The maximum atomic E-state index is 5.68. The number of hydrogen-bond acceptors (Lipinski definition) is 3. The molecular weight excluding hydrogens is 226 g/mol. The molecule has 1 aromatic carbocycles. The first-order chi connectivity index (χ1) is 8.74. The quantitative estimate of drug-likeness (QED) is 0.841. The zero-order valence-corrected chi connectivity index (χ0v) is 11.3. The molecule has 1 fully saturated rings. The van der Waals surface area contributed by atoms with Crippen molar-refractivity contribution in [3.63, 3.8) is 0 Å². The summed E-state index contributed by atoms with van der Waals surface area (Å²) in [5.41, 5.74) is 1.26. The van der Waals surface area contributed by atoms with Crippen molar-refractivity contribution >= 4 is 0 Å². The molecule has 1 aliphatic rings. The van der Waals surface area contributed by atoms with Crippen LogP contribution in [0.4, 0.5) is 0 Å². The van der Waals surface area contributed by atoms with Gasteiger partial charge in [-0.05, 0) is 44.4 Å². The highest BCUT2D eigenvalue weighted by atomic mass is 16.5. The molecule has 0 aromatic heterocycles. The van der Waals surface area contributed by atoms with Gasteiger partial charge in [-0.2, -0.15) is 0 Å². The van der Waals surface area contributed by atoms with E-state index < -0.39 is 0 Å². The number of ether oxygens (including phenoxy) is 2. The molecule has 1 atom stereocenters. The van der Waals surface area contributed by atoms with Gasteiger partial charge >= 0.3 is 0 Å². The van der Waals surface area contributed by atoms with E-state index in [1.807, 2.05) is 26.0 Å². The number of hydrogen-bond donors (Lipinski definition) is 1. The van der Waals surface area contributed by atoms with Crippen LogP contribution in [0.2, 0.25) is 0 Å². The summed E-state index contributed by atoms with van der Waals surface area (Å²) in [6.07, 6.45) is 3.01. The van der Waals surface area contributed by atoms with Gasteiger partial charge < -0.3 is 14.8 Å². The van der Waals surface area contributed by atoms with Crippen LogP contribution in [-0.2, 0) is 11.3 Å². The lowest BCUT2D eigenvalue weighted by atomic mass is 10.2. The SMILES string of the molecule is CC(C)Oc1cccc(CNC[C@@H]2CCCO2)c1. The van der Waals surface area contributed by atoms with Crippen LogP contribution in [0.15, 0.2) is 24.3 Å². The Morgan fingerprint density at radius 1 is 1.44 bits per heavy atom. The molecule has 3 nitrogen and oxygen atoms in total. The van der Waals surface area contributed by atoms with E-state index in [2.05, 4.69) is 17.4 Å². The van der Waals surface area contributed by atoms with E-state index in [0.717, 1.165) is 25.4 Å². The van der Waals surface area contributed by atoms with Crippen molar-refractivity contribution < 1.29 is 9.47 Å². The molecule has 0 unspecified atom stereocenters. The van der Waals surface area contributed by atoms with Crippen LogP contribution in [-0.4, -0.2) is 25.4 Å². The summed E-state index contributed by atoms with van der Waals surface area (Å²) >= 11 is 0. The Morgan fingerprint density at radius 3 is 3.06 bits per heavy atom. The van der Waals surface area contributed by atoms with Gasteiger partial charge in [-0.3, -0.25) is 0 Å². The summed E-state index contributed by atoms with van der Waals surface area (Å²) in [6.45, 7) is 6.82. The Kier molecular flexibility index (Phi) is 5.02. The minimum Gasteiger partial charge on any atom is -0.491 e. The van der Waals surface area contributed by atoms with Gasteiger partial charge in [-0.1, -0.05) is 12.1 Å². The second-order valence-corrected chi connectivity index (χ2v) is 5.08. The standard InChI is InChI=1S/C15H23NO2/c1-12(2)18-14-6-3-5-13(9-14)10-16-11-15-7-4-8-17-15/h3,5-6,9,12,15-16H,4,7-8,10-11H2,1-2H3/t15-/m0/s1. The topological polar surface area (TPSA) is 30.5 Å². The Hall–Kier alpha value is -1.06. The Balaban J connectivity index is 1.77. The first-order valence-electron chi connectivity index (χ1n) is 6.82. The van der Waals surface area contributed by atoms with Gasteiger partial charge in [0.05, 0.1) is 12.2 Å². The molecule has 2 rings (SSSR count). The Morgan fingerprint density at radius 2 is 2.33 bits per heavy atom. The van der Waals surface area contributed by atoms with Crippen molar-refractivity contribution in [2.45, 2.75) is 45.4 Å². The third-order valence-electron chi connectivity index (χ3n) is 3.00. The van der Waals surface area contributed by atoms with Crippen molar-refractivity contribution in [1.82, 2.24) is 5.32 Å². The van der Waals surface area contributed by atoms with Gasteiger partial charge in [0.1, 0.15) is 5.75 Å². The van der Waals surface area contributed by atoms with E-state index in [4.69, 9.17) is 9.47 Å². The van der Waals surface area contributed by atoms with Crippen molar-refractivity contribution in [3.05, 3.63) is 29.8 Å². The average molecular weight is 249 g/mol. The summed E-state index contributed by atoms with van der Waals surface area (Å²) in [5.74, 6) is 0.946. The molecule has 0 aliphatic carbocycles. The van der Waals surface area contributed by atoms with Crippen LogP contribution in [0.1, 0.15) is 32.3 Å². The fourth-order valence-electron chi connectivity index (χ4n) is 2.18. The zero-order chi connectivity index (χ0) is 12.8. The summed E-state index contributed by atoms with van der Waals surface area (Å²) in [4.78, 5) is 0. The van der Waals surface area contributed by atoms with Gasteiger partial charge in [0.2, 0.25) is 0 Å². The molecule has 0 bridgehead atoms. The summed E-state index contributed by atoms with van der Waals surface area (Å²) in [5, 5.41) is 3.44. The Bertz CT molecular complexity index is 359. The molecule has 0 spiro atoms. The van der Waals surface area contributed by atoms with E-state index in [0.29, 0.717) is 6.10 Å². The van der Waals surface area contributed by atoms with E-state index in [9.17, 15) is 0 Å². The molecule has 0 radical (unpaired) electrons. The molecule has 1 heterocycles. The number of nitrogens with one attached hydrogen (secondary N) is 1. The summed E-state index contributed by atoms with van der Waals surface area (Å²) < 4.78 is 11.3. The van der Waals surface area contributed by atoms with Crippen LogP contribution in [0.3, 0.4) is 0 Å². The van der Waals surface area contributed by atoms with E-state index in [1.165, 1.54) is 18.4 Å². The van der Waals surface area contributed by atoms with Crippen molar-refractivity contribution in [1.29, 1.82) is 0 Å². The highest BCUT2D eigenvalue weighted by Gasteiger charge is 2.14. The normalized spacial score (nSPS) is 19.4. The molecule has 100 valence electrons. The first kappa shape index (κ1) is 13.4. The third-order valence-corrected chi connectivity index (χ3v) is 3.00. The molecule has 1 N–H and O–H groups in total. The summed E-state index contributed by atoms with van der Waals surface area (Å²) in [6, 6.07) is 8.27. The maximum absolute atomic E-state index is 5.68. The lowest BCUT2D eigenvalue weighted by molar-refractivity contribution is 0.110. The molecule has 0 saturated carbocycles. The van der Waals surface area contributed by atoms with Crippen LogP contribution in [0, 0.1) is 0 Å². The van der Waals surface area contributed by atoms with Gasteiger partial charge in [-0.25, -0.2) is 0 Å². The second-order valence-electron chi connectivity index (χ2n) is 5.08. The van der Waals surface area contributed by atoms with E-state index >= 15 is 0 Å². The van der Waals surface area contributed by atoms with Crippen LogP contribution >= 0.6 is 0 Å². The van der Waals surface area contributed by atoms with Crippen LogP contribution < -0.4 is 10.1 Å². The van der Waals surface area contributed by atoms with E-state index in [-0.39, 0.29) is 6.10 Å². The average Bonchev–Trinajstić information content (AvgIpc) is 2.82. The van der Waals surface area contributed by atoms with Crippen molar-refractivity contribution in [3.8, 4) is 5.75 Å². The Labute approximate surface area is 109 Å². The van der Waals surface area contributed by atoms with Crippen LogP contribution in [0.5, 0.6) is 5.75 Å². The first-order valence-corrected chi connectivity index (χ1v) is 6.82. The fourth-order valence-corrected chi connectivity index (χ4v) is 2.18. The van der Waals surface area contributed by atoms with Gasteiger partial charge in [0.25, 0.3) is 0 Å². The fraction of sp³-hybridized carbons (Fsp3) is 0.600. The molecule has 3 heteroatoms. The van der Waals surface area contributed by atoms with Crippen molar-refractivity contribution in [2.75, 3.05) is 13.2 Å². The van der Waals surface area contributed by atoms with Crippen molar-refractivity contribution in [2.24, 2.45) is 0 Å². The lowest BCUT2D eigenvalue weighted by Gasteiger charge is -2.13. The number of rotatable bonds is 6. The van der Waals surface area contributed by atoms with E-state index in [1.54, 1.807) is 0 Å². The minimum atomic E-state index is 0.222. The molecule has 1 aliphatic heterocycles. The highest BCUT2D eigenvalue weighted by molar-refractivity contribution is 5.28. The van der Waals surface area contributed by atoms with Gasteiger partial charge in [0, 0.05) is 19.7 Å². The smallest absolute Gasteiger partial charge is 0.120 e.